The van der Waals surface area contributed by atoms with Gasteiger partial charge in [0.1, 0.15) is 18.2 Å². The van der Waals surface area contributed by atoms with Crippen LogP contribution >= 0.6 is 11.8 Å². The van der Waals surface area contributed by atoms with Crippen molar-refractivity contribution in [3.63, 3.8) is 0 Å². The third-order valence-electron chi connectivity index (χ3n) is 2.97. The number of ether oxygens (including phenoxy) is 2. The summed E-state index contributed by atoms with van der Waals surface area (Å²) in [7, 11) is 0. The van der Waals surface area contributed by atoms with Crippen LogP contribution in [0.1, 0.15) is 45.0 Å². The Balaban J connectivity index is 0.00000379. The van der Waals surface area contributed by atoms with Crippen LogP contribution in [0.2, 0.25) is 0 Å². The lowest BCUT2D eigenvalue weighted by atomic mass is 10.2. The smallest absolute Gasteiger partial charge is 0.408 e. The van der Waals surface area contributed by atoms with E-state index in [1.54, 1.807) is 26.8 Å². The SMILES string of the molecule is C=CCOC(=O)c1ccc(SCC(NC(=O)OC(C)(C)C)C(=O)O)c(N)c1.CC. The second-order valence-corrected chi connectivity index (χ2v) is 7.55. The van der Waals surface area contributed by atoms with Crippen LogP contribution in [0.3, 0.4) is 0 Å². The van der Waals surface area contributed by atoms with Crippen LogP contribution in [0.15, 0.2) is 35.7 Å². The van der Waals surface area contributed by atoms with Crippen molar-refractivity contribution in [2.75, 3.05) is 18.1 Å². The van der Waals surface area contributed by atoms with Crippen molar-refractivity contribution < 1.29 is 29.0 Å². The molecule has 0 saturated heterocycles. The quantitative estimate of drug-likeness (QED) is 0.248. The van der Waals surface area contributed by atoms with Crippen molar-refractivity contribution in [1.82, 2.24) is 5.32 Å². The predicted octanol–water partition coefficient (Wildman–Crippen LogP) is 3.71. The molecular weight excluding hydrogens is 396 g/mol. The van der Waals surface area contributed by atoms with Gasteiger partial charge < -0.3 is 25.6 Å². The molecule has 1 atom stereocenters. The number of carboxylic acids is 1. The molecule has 1 unspecified atom stereocenters. The van der Waals surface area contributed by atoms with E-state index in [9.17, 15) is 19.5 Å². The first kappa shape index (κ1) is 26.3. The van der Waals surface area contributed by atoms with E-state index in [1.807, 2.05) is 13.8 Å². The molecule has 29 heavy (non-hydrogen) atoms. The Bertz CT molecular complexity index is 715. The number of thioether (sulfide) groups is 1. The summed E-state index contributed by atoms with van der Waals surface area (Å²) in [5.74, 6) is -1.70. The number of esters is 1. The first-order valence-corrected chi connectivity index (χ1v) is 10.0. The number of nitrogens with two attached hydrogens (primary N) is 1. The number of carbonyl (C=O) groups is 3. The Labute approximate surface area is 175 Å². The molecule has 1 aromatic carbocycles. The molecule has 1 aromatic rings. The maximum Gasteiger partial charge on any atom is 0.408 e. The lowest BCUT2D eigenvalue weighted by Crippen LogP contribution is -2.44. The van der Waals surface area contributed by atoms with Gasteiger partial charge in [0.2, 0.25) is 0 Å². The van der Waals surface area contributed by atoms with Gasteiger partial charge in [0.05, 0.1) is 5.56 Å². The van der Waals surface area contributed by atoms with Crippen molar-refractivity contribution in [3.05, 3.63) is 36.4 Å². The van der Waals surface area contributed by atoms with Crippen molar-refractivity contribution in [2.24, 2.45) is 0 Å². The Kier molecular flexibility index (Phi) is 11.5. The first-order chi connectivity index (χ1) is 13.5. The molecule has 0 spiro atoms. The summed E-state index contributed by atoms with van der Waals surface area (Å²) < 4.78 is 9.99. The van der Waals surface area contributed by atoms with E-state index in [0.717, 1.165) is 11.8 Å². The van der Waals surface area contributed by atoms with Gasteiger partial charge in [-0.25, -0.2) is 14.4 Å². The van der Waals surface area contributed by atoms with Gasteiger partial charge in [0, 0.05) is 16.3 Å². The fourth-order valence-corrected chi connectivity index (χ4v) is 2.78. The lowest BCUT2D eigenvalue weighted by Gasteiger charge is -2.22. The Morgan fingerprint density at radius 3 is 2.41 bits per heavy atom. The number of nitrogens with one attached hydrogen (secondary N) is 1. The van der Waals surface area contributed by atoms with Crippen LogP contribution in [0.25, 0.3) is 0 Å². The maximum absolute atomic E-state index is 11.8. The van der Waals surface area contributed by atoms with Crippen LogP contribution in [-0.4, -0.2) is 47.1 Å². The molecule has 0 aromatic heterocycles. The standard InChI is InChI=1S/C18H24N2O6S.C2H6/c1-5-8-25-16(23)11-6-7-14(12(19)9-11)27-10-13(15(21)22)20-17(24)26-18(2,3)4;1-2/h5-7,9,13H,1,8,10,19H2,2-4H3,(H,20,24)(H,21,22);1-2H3. The average molecular weight is 427 g/mol. The van der Waals surface area contributed by atoms with E-state index in [-0.39, 0.29) is 17.9 Å². The normalized spacial score (nSPS) is 11.3. The average Bonchev–Trinajstić information content (AvgIpc) is 2.63. The molecule has 4 N–H and O–H groups in total. The van der Waals surface area contributed by atoms with Gasteiger partial charge in [0.25, 0.3) is 0 Å². The van der Waals surface area contributed by atoms with Crippen molar-refractivity contribution in [2.45, 2.75) is 51.2 Å². The zero-order valence-corrected chi connectivity index (χ0v) is 18.3. The van der Waals surface area contributed by atoms with Gasteiger partial charge in [0.15, 0.2) is 0 Å². The molecule has 1 rings (SSSR count). The number of carboxylic acid groups (broad SMARTS) is 1. The van der Waals surface area contributed by atoms with Crippen LogP contribution < -0.4 is 11.1 Å². The number of aliphatic carboxylic acids is 1. The third kappa shape index (κ3) is 10.4. The van der Waals surface area contributed by atoms with Crippen molar-refractivity contribution in [3.8, 4) is 0 Å². The molecule has 0 heterocycles. The minimum Gasteiger partial charge on any atom is -0.480 e. The van der Waals surface area contributed by atoms with Gasteiger partial charge >= 0.3 is 18.0 Å². The Hall–Kier alpha value is -2.68. The molecule has 0 aliphatic heterocycles. The number of nitrogen functional groups attached to an aromatic ring is 1. The number of rotatable bonds is 8. The summed E-state index contributed by atoms with van der Waals surface area (Å²) in [6.07, 6.45) is 0.638. The van der Waals surface area contributed by atoms with Crippen molar-refractivity contribution in [1.29, 1.82) is 0 Å². The predicted molar refractivity (Wildman–Crippen MR) is 114 cm³/mol. The zero-order valence-electron chi connectivity index (χ0n) is 17.5. The summed E-state index contributed by atoms with van der Waals surface area (Å²) in [5, 5.41) is 11.6. The van der Waals surface area contributed by atoms with Gasteiger partial charge in [-0.15, -0.1) is 11.8 Å². The molecule has 0 fully saturated rings. The molecular formula is C20H30N2O6S. The molecule has 0 aliphatic carbocycles. The first-order valence-electron chi connectivity index (χ1n) is 9.06. The molecule has 0 saturated carbocycles. The number of hydrogen-bond acceptors (Lipinski definition) is 7. The number of alkyl carbamates (subject to hydrolysis) is 1. The number of anilines is 1. The number of amides is 1. The topological polar surface area (TPSA) is 128 Å². The second kappa shape index (κ2) is 12.7. The lowest BCUT2D eigenvalue weighted by molar-refractivity contribution is -0.138. The fraction of sp³-hybridized carbons (Fsp3) is 0.450. The molecule has 0 bridgehead atoms. The van der Waals surface area contributed by atoms with Crippen LogP contribution in [0.4, 0.5) is 10.5 Å². The summed E-state index contributed by atoms with van der Waals surface area (Å²) >= 11 is 1.14. The largest absolute Gasteiger partial charge is 0.480 e. The molecule has 8 nitrogen and oxygen atoms in total. The fourth-order valence-electron chi connectivity index (χ4n) is 1.82. The number of hydrogen-bond donors (Lipinski definition) is 3. The summed E-state index contributed by atoms with van der Waals surface area (Å²) in [6, 6.07) is 3.41. The molecule has 9 heteroatoms. The van der Waals surface area contributed by atoms with Gasteiger partial charge in [-0.1, -0.05) is 26.5 Å². The van der Waals surface area contributed by atoms with Gasteiger partial charge in [-0.05, 0) is 39.0 Å². The molecule has 0 aliphatic rings. The van der Waals surface area contributed by atoms with Crippen molar-refractivity contribution >= 4 is 35.5 Å². The van der Waals surface area contributed by atoms with E-state index < -0.39 is 29.7 Å². The number of carbonyl (C=O) groups excluding carboxylic acids is 2. The molecule has 0 radical (unpaired) electrons. The molecule has 162 valence electrons. The maximum atomic E-state index is 11.8. The minimum absolute atomic E-state index is 0.0268. The van der Waals surface area contributed by atoms with Crippen LogP contribution in [-0.2, 0) is 14.3 Å². The van der Waals surface area contributed by atoms with E-state index in [0.29, 0.717) is 10.6 Å². The summed E-state index contributed by atoms with van der Waals surface area (Å²) in [4.78, 5) is 35.5. The second-order valence-electron chi connectivity index (χ2n) is 6.49. The highest BCUT2D eigenvalue weighted by molar-refractivity contribution is 7.99. The van der Waals surface area contributed by atoms with Gasteiger partial charge in [-0.2, -0.15) is 0 Å². The summed E-state index contributed by atoms with van der Waals surface area (Å²) in [6.45, 7) is 12.6. The Morgan fingerprint density at radius 1 is 1.31 bits per heavy atom. The van der Waals surface area contributed by atoms with E-state index >= 15 is 0 Å². The van der Waals surface area contributed by atoms with E-state index in [4.69, 9.17) is 15.2 Å². The Morgan fingerprint density at radius 2 is 1.93 bits per heavy atom. The number of benzene rings is 1. The van der Waals surface area contributed by atoms with Crippen LogP contribution in [0, 0.1) is 0 Å². The highest BCUT2D eigenvalue weighted by Crippen LogP contribution is 2.27. The zero-order chi connectivity index (χ0) is 22.6. The minimum atomic E-state index is -1.20. The molecule has 1 amide bonds. The summed E-state index contributed by atoms with van der Waals surface area (Å²) in [5.41, 5.74) is 5.77. The van der Waals surface area contributed by atoms with E-state index in [1.165, 1.54) is 18.2 Å². The highest BCUT2D eigenvalue weighted by atomic mass is 32.2. The monoisotopic (exact) mass is 426 g/mol. The van der Waals surface area contributed by atoms with Gasteiger partial charge in [-0.3, -0.25) is 0 Å². The third-order valence-corrected chi connectivity index (χ3v) is 4.16. The van der Waals surface area contributed by atoms with Crippen LogP contribution in [0.5, 0.6) is 0 Å². The highest BCUT2D eigenvalue weighted by Gasteiger charge is 2.24. The van der Waals surface area contributed by atoms with E-state index in [2.05, 4.69) is 11.9 Å².